The first-order valence-corrected chi connectivity index (χ1v) is 12.5. The Hall–Kier alpha value is -2.56. The van der Waals surface area contributed by atoms with E-state index in [2.05, 4.69) is 10.2 Å². The number of hydrogen-bond donors (Lipinski definition) is 0. The van der Waals surface area contributed by atoms with Crippen LogP contribution in [-0.2, 0) is 0 Å². The molecule has 0 aliphatic carbocycles. The fourth-order valence-electron chi connectivity index (χ4n) is 3.27. The summed E-state index contributed by atoms with van der Waals surface area (Å²) in [6.07, 6.45) is 0. The molecule has 2 aromatic heterocycles. The molecule has 0 saturated heterocycles. The highest BCUT2D eigenvalue weighted by atomic mass is 32.2. The molecule has 0 bridgehead atoms. The third kappa shape index (κ3) is 5.51. The second-order valence-corrected chi connectivity index (χ2v) is 10.5. The monoisotopic (exact) mass is 505 g/mol. The third-order valence-corrected chi connectivity index (χ3v) is 7.35. The Kier molecular flexibility index (Phi) is 7.26. The molecule has 0 amide bonds. The van der Waals surface area contributed by atoms with Gasteiger partial charge in [-0.1, -0.05) is 23.5 Å². The van der Waals surface area contributed by atoms with Crippen LogP contribution in [0.1, 0.15) is 20.1 Å². The molecular formula is C23H18F3N3OS3. The van der Waals surface area contributed by atoms with Gasteiger partial charge in [0.15, 0.2) is 16.8 Å². The summed E-state index contributed by atoms with van der Waals surface area (Å²) in [5.41, 5.74) is 1.98. The second kappa shape index (κ2) is 10.1. The molecule has 0 radical (unpaired) electrons. The molecule has 0 saturated carbocycles. The number of benzene rings is 2. The van der Waals surface area contributed by atoms with Crippen molar-refractivity contribution in [1.82, 2.24) is 14.8 Å². The standard InChI is InChI=1S/C23H18F3N3OS3/c1-13-11-19(14(2)32-13)20(30)12-31-23-28-27-21(15-3-5-16(24)6-4-15)29(23)17-7-9-18(10-8-17)33-22(25)26/h3-11,22H,12H2,1-2H3. The minimum absolute atomic E-state index is 0.0107. The molecule has 4 aromatic rings. The molecule has 0 spiro atoms. The molecule has 0 unspecified atom stereocenters. The SMILES string of the molecule is Cc1cc(C(=O)CSc2nnc(-c3ccc(F)cc3)n2-c2ccc(SC(F)F)cc2)c(C)s1. The van der Waals surface area contributed by atoms with Crippen LogP contribution in [0.2, 0.25) is 0 Å². The summed E-state index contributed by atoms with van der Waals surface area (Å²) in [6, 6.07) is 14.3. The Bertz CT molecular complexity index is 1270. The lowest BCUT2D eigenvalue weighted by molar-refractivity contribution is 0.102. The van der Waals surface area contributed by atoms with Gasteiger partial charge in [-0.05, 0) is 68.4 Å². The Morgan fingerprint density at radius 1 is 1.06 bits per heavy atom. The number of carbonyl (C=O) groups excluding carboxylic acids is 1. The highest BCUT2D eigenvalue weighted by Gasteiger charge is 2.19. The zero-order valence-corrected chi connectivity index (χ0v) is 20.0. The van der Waals surface area contributed by atoms with Crippen LogP contribution in [-0.4, -0.2) is 32.1 Å². The van der Waals surface area contributed by atoms with Crippen LogP contribution < -0.4 is 0 Å². The van der Waals surface area contributed by atoms with Crippen molar-refractivity contribution in [3.8, 4) is 17.1 Å². The van der Waals surface area contributed by atoms with Gasteiger partial charge in [-0.2, -0.15) is 8.78 Å². The lowest BCUT2D eigenvalue weighted by Gasteiger charge is -2.11. The van der Waals surface area contributed by atoms with Crippen LogP contribution in [0.3, 0.4) is 0 Å². The van der Waals surface area contributed by atoms with Crippen LogP contribution in [0, 0.1) is 19.7 Å². The summed E-state index contributed by atoms with van der Waals surface area (Å²) >= 11 is 3.28. The topological polar surface area (TPSA) is 47.8 Å². The molecule has 0 atom stereocenters. The van der Waals surface area contributed by atoms with E-state index in [-0.39, 0.29) is 17.4 Å². The number of rotatable bonds is 8. The molecule has 2 heterocycles. The number of alkyl halides is 2. The van der Waals surface area contributed by atoms with E-state index in [0.29, 0.717) is 44.5 Å². The Morgan fingerprint density at radius 3 is 2.36 bits per heavy atom. The summed E-state index contributed by atoms with van der Waals surface area (Å²) in [6.45, 7) is 3.88. The minimum Gasteiger partial charge on any atom is -0.293 e. The average molecular weight is 506 g/mol. The van der Waals surface area contributed by atoms with E-state index in [1.54, 1.807) is 52.3 Å². The maximum absolute atomic E-state index is 13.4. The number of halogens is 3. The number of aromatic nitrogens is 3. The summed E-state index contributed by atoms with van der Waals surface area (Å²) in [5.74, 6) is -2.27. The van der Waals surface area contributed by atoms with Crippen molar-refractivity contribution in [2.45, 2.75) is 29.7 Å². The van der Waals surface area contributed by atoms with Crippen molar-refractivity contribution < 1.29 is 18.0 Å². The summed E-state index contributed by atoms with van der Waals surface area (Å²) in [5, 5.41) is 9.01. The summed E-state index contributed by atoms with van der Waals surface area (Å²) < 4.78 is 40.6. The lowest BCUT2D eigenvalue weighted by Crippen LogP contribution is -2.05. The van der Waals surface area contributed by atoms with E-state index in [1.807, 2.05) is 19.9 Å². The van der Waals surface area contributed by atoms with E-state index in [1.165, 1.54) is 23.9 Å². The normalized spacial score (nSPS) is 11.3. The van der Waals surface area contributed by atoms with Gasteiger partial charge in [0.1, 0.15) is 5.82 Å². The third-order valence-electron chi connectivity index (χ3n) is 4.73. The molecule has 2 aromatic carbocycles. The highest BCUT2D eigenvalue weighted by Crippen LogP contribution is 2.31. The number of thiophene rings is 1. The zero-order chi connectivity index (χ0) is 23.5. The van der Waals surface area contributed by atoms with Gasteiger partial charge in [0.25, 0.3) is 5.76 Å². The fourth-order valence-corrected chi connectivity index (χ4v) is 5.55. The van der Waals surface area contributed by atoms with Gasteiger partial charge < -0.3 is 0 Å². The lowest BCUT2D eigenvalue weighted by atomic mass is 10.2. The summed E-state index contributed by atoms with van der Waals surface area (Å²) in [4.78, 5) is 15.2. The van der Waals surface area contributed by atoms with Crippen molar-refractivity contribution in [2.75, 3.05) is 5.75 Å². The van der Waals surface area contributed by atoms with E-state index < -0.39 is 5.76 Å². The molecular weight excluding hydrogens is 487 g/mol. The molecule has 0 N–H and O–H groups in total. The van der Waals surface area contributed by atoms with E-state index in [4.69, 9.17) is 0 Å². The highest BCUT2D eigenvalue weighted by molar-refractivity contribution is 8.00. The number of nitrogens with zero attached hydrogens (tertiary/aromatic N) is 3. The van der Waals surface area contributed by atoms with Gasteiger partial charge >= 0.3 is 0 Å². The second-order valence-electron chi connectivity index (χ2n) is 7.06. The average Bonchev–Trinajstić information content (AvgIpc) is 3.35. The van der Waals surface area contributed by atoms with Gasteiger partial charge in [-0.3, -0.25) is 9.36 Å². The van der Waals surface area contributed by atoms with Crippen molar-refractivity contribution in [3.05, 3.63) is 75.7 Å². The maximum atomic E-state index is 13.4. The maximum Gasteiger partial charge on any atom is 0.288 e. The molecule has 0 fully saturated rings. The van der Waals surface area contributed by atoms with Gasteiger partial charge in [0.05, 0.1) is 5.75 Å². The molecule has 0 aliphatic rings. The molecule has 170 valence electrons. The molecule has 33 heavy (non-hydrogen) atoms. The van der Waals surface area contributed by atoms with E-state index >= 15 is 0 Å². The number of Topliss-reactive ketones (excluding diaryl/α,β-unsaturated/α-hetero) is 1. The van der Waals surface area contributed by atoms with Crippen molar-refractivity contribution >= 4 is 40.6 Å². The molecule has 4 rings (SSSR count). The molecule has 4 nitrogen and oxygen atoms in total. The van der Waals surface area contributed by atoms with E-state index in [9.17, 15) is 18.0 Å². The smallest absolute Gasteiger partial charge is 0.288 e. The molecule has 10 heteroatoms. The van der Waals surface area contributed by atoms with Crippen molar-refractivity contribution in [3.63, 3.8) is 0 Å². The van der Waals surface area contributed by atoms with Crippen molar-refractivity contribution in [2.24, 2.45) is 0 Å². The predicted molar refractivity (Wildman–Crippen MR) is 127 cm³/mol. The van der Waals surface area contributed by atoms with Gasteiger partial charge in [0.2, 0.25) is 0 Å². The fraction of sp³-hybridized carbons (Fsp3) is 0.174. The van der Waals surface area contributed by atoms with Gasteiger partial charge in [-0.15, -0.1) is 21.5 Å². The Balaban J connectivity index is 1.67. The summed E-state index contributed by atoms with van der Waals surface area (Å²) in [7, 11) is 0. The van der Waals surface area contributed by atoms with Gasteiger partial charge in [0, 0.05) is 31.5 Å². The first-order chi connectivity index (χ1) is 15.8. The van der Waals surface area contributed by atoms with E-state index in [0.717, 1.165) is 9.75 Å². The van der Waals surface area contributed by atoms with Crippen LogP contribution in [0.15, 0.2) is 64.6 Å². The number of carbonyl (C=O) groups is 1. The zero-order valence-electron chi connectivity index (χ0n) is 17.6. The van der Waals surface area contributed by atoms with Crippen LogP contribution in [0.5, 0.6) is 0 Å². The first-order valence-electron chi connectivity index (χ1n) is 9.81. The quantitative estimate of drug-likeness (QED) is 0.190. The number of thioether (sulfide) groups is 2. The van der Waals surface area contributed by atoms with Gasteiger partial charge in [-0.25, -0.2) is 4.39 Å². The Labute approximate surface area is 201 Å². The van der Waals surface area contributed by atoms with Crippen LogP contribution >= 0.6 is 34.9 Å². The molecule has 0 aliphatic heterocycles. The largest absolute Gasteiger partial charge is 0.293 e. The Morgan fingerprint density at radius 2 is 1.76 bits per heavy atom. The number of ketones is 1. The first kappa shape index (κ1) is 23.6. The number of hydrogen-bond acceptors (Lipinski definition) is 6. The minimum atomic E-state index is -2.51. The van der Waals surface area contributed by atoms with Crippen LogP contribution in [0.4, 0.5) is 13.2 Å². The predicted octanol–water partition coefficient (Wildman–Crippen LogP) is 7.04. The number of aryl methyl sites for hydroxylation is 2. The van der Waals surface area contributed by atoms with Crippen molar-refractivity contribution in [1.29, 1.82) is 0 Å². The van der Waals surface area contributed by atoms with Crippen LogP contribution in [0.25, 0.3) is 17.1 Å².